The quantitative estimate of drug-likeness (QED) is 0.682. The molecule has 0 spiro atoms. The summed E-state index contributed by atoms with van der Waals surface area (Å²) < 4.78 is 6.13. The van der Waals surface area contributed by atoms with Crippen molar-refractivity contribution < 1.29 is 4.74 Å². The Morgan fingerprint density at radius 1 is 1.22 bits per heavy atom. The maximum absolute atomic E-state index is 5.26. The van der Waals surface area contributed by atoms with Crippen LogP contribution in [0.25, 0.3) is 0 Å². The number of hydrogen-bond donors (Lipinski definition) is 0. The zero-order valence-corrected chi connectivity index (χ0v) is 8.38. The van der Waals surface area contributed by atoms with E-state index >= 15 is 0 Å². The second-order valence-corrected chi connectivity index (χ2v) is 2.58. The molecule has 1 aromatic rings. The van der Waals surface area contributed by atoms with Crippen molar-refractivity contribution in [2.45, 2.75) is 0 Å². The fraction of sp³-hybridized carbons (Fsp3) is 0.143. The molecule has 2 radical (unpaired) electrons. The van der Waals surface area contributed by atoms with E-state index in [2.05, 4.69) is 0 Å². The Kier molecular flexibility index (Phi) is 2.90. The second-order valence-electron chi connectivity index (χ2n) is 1.62. The van der Waals surface area contributed by atoms with E-state index in [0.717, 1.165) is 32.9 Å². The van der Waals surface area contributed by atoms with Gasteiger partial charge in [0.05, 0.1) is 0 Å². The van der Waals surface area contributed by atoms with Gasteiger partial charge < -0.3 is 0 Å². The third kappa shape index (κ3) is 2.26. The molecule has 1 nitrogen and oxygen atoms in total. The van der Waals surface area contributed by atoms with Crippen LogP contribution >= 0.6 is 0 Å². The van der Waals surface area contributed by atoms with E-state index in [-0.39, 0.29) is 0 Å². The first-order valence-electron chi connectivity index (χ1n) is 2.81. The van der Waals surface area contributed by atoms with Crippen LogP contribution in [0.1, 0.15) is 0 Å². The summed E-state index contributed by atoms with van der Waals surface area (Å²) in [5, 5.41) is 0. The van der Waals surface area contributed by atoms with E-state index in [9.17, 15) is 0 Å². The minimum absolute atomic E-state index is 0.870. The fourth-order valence-electron chi connectivity index (χ4n) is 0.613. The molecule has 0 aliphatic carbocycles. The maximum atomic E-state index is 5.26. The Bertz CT molecular complexity index is 162. The van der Waals surface area contributed by atoms with Crippen LogP contribution < -0.4 is 4.74 Å². The average molecular weight is 227 g/mol. The fourth-order valence-corrected chi connectivity index (χ4v) is 1.16. The Labute approximate surface area is 68.1 Å². The molecule has 0 heterocycles. The summed E-state index contributed by atoms with van der Waals surface area (Å²) in [4.78, 5) is 0. The van der Waals surface area contributed by atoms with Gasteiger partial charge in [-0.05, 0) is 0 Å². The SMILES string of the molecule is [SnH][CH2]Oc1ccccc1. The van der Waals surface area contributed by atoms with Crippen LogP contribution in [0.2, 0.25) is 0 Å². The van der Waals surface area contributed by atoms with Gasteiger partial charge in [-0.2, -0.15) is 0 Å². The Hall–Kier alpha value is -0.181. The van der Waals surface area contributed by atoms with Gasteiger partial charge in [0.15, 0.2) is 0 Å². The molecule has 2 heteroatoms. The number of ether oxygens (including phenoxy) is 1. The first-order chi connectivity index (χ1) is 4.43. The summed E-state index contributed by atoms with van der Waals surface area (Å²) in [6.07, 6.45) is 0. The van der Waals surface area contributed by atoms with E-state index in [4.69, 9.17) is 4.74 Å². The minimum atomic E-state index is 0.870. The summed E-state index contributed by atoms with van der Waals surface area (Å²) >= 11 is 1.16. The molecule has 0 unspecified atom stereocenters. The molecule has 0 aromatic heterocycles. The Morgan fingerprint density at radius 2 is 1.89 bits per heavy atom. The van der Waals surface area contributed by atoms with Crippen LogP contribution in [0.5, 0.6) is 5.75 Å². The normalized spacial score (nSPS) is 9.00. The van der Waals surface area contributed by atoms with Crippen molar-refractivity contribution in [2.24, 2.45) is 0 Å². The molecule has 0 atom stereocenters. The van der Waals surface area contributed by atoms with Crippen molar-refractivity contribution in [3.63, 3.8) is 0 Å². The van der Waals surface area contributed by atoms with Gasteiger partial charge in [0.25, 0.3) is 0 Å². The van der Waals surface area contributed by atoms with Gasteiger partial charge >= 0.3 is 68.0 Å². The summed E-state index contributed by atoms with van der Waals surface area (Å²) in [5.41, 5.74) is 0. The number of benzene rings is 1. The molecule has 1 rings (SSSR count). The van der Waals surface area contributed by atoms with Crippen molar-refractivity contribution in [3.8, 4) is 5.75 Å². The third-order valence-corrected chi connectivity index (χ3v) is 1.47. The van der Waals surface area contributed by atoms with Gasteiger partial charge in [0.2, 0.25) is 0 Å². The Morgan fingerprint density at radius 3 is 2.44 bits per heavy atom. The van der Waals surface area contributed by atoms with E-state index < -0.39 is 0 Å². The summed E-state index contributed by atoms with van der Waals surface area (Å²) in [6, 6.07) is 9.88. The van der Waals surface area contributed by atoms with Crippen LogP contribution in [-0.4, -0.2) is 27.1 Å². The molecule has 0 fully saturated rings. The predicted octanol–water partition coefficient (Wildman–Crippen LogP) is 0.924. The van der Waals surface area contributed by atoms with Crippen LogP contribution in [0.4, 0.5) is 0 Å². The van der Waals surface area contributed by atoms with Crippen LogP contribution in [0.3, 0.4) is 0 Å². The molecular formula is C7H8OSn. The van der Waals surface area contributed by atoms with E-state index in [1.165, 1.54) is 0 Å². The number of rotatable bonds is 2. The molecule has 0 saturated heterocycles. The standard InChI is InChI=1S/C7H7O.Sn.H/c1-8-7-5-3-2-4-6-7;;/h2-6H,1H2;;. The Balaban J connectivity index is 2.61. The number of hydrogen-bond acceptors (Lipinski definition) is 1. The molecule has 9 heavy (non-hydrogen) atoms. The van der Waals surface area contributed by atoms with E-state index in [0.29, 0.717) is 0 Å². The van der Waals surface area contributed by atoms with Gasteiger partial charge in [-0.1, -0.05) is 0 Å². The first-order valence-corrected chi connectivity index (χ1v) is 5.14. The molecule has 46 valence electrons. The zero-order valence-electron chi connectivity index (χ0n) is 5.08. The third-order valence-electron chi connectivity index (χ3n) is 0.993. The van der Waals surface area contributed by atoms with Crippen LogP contribution in [0.15, 0.2) is 30.3 Å². The van der Waals surface area contributed by atoms with E-state index in [1.807, 2.05) is 30.3 Å². The average Bonchev–Trinajstić information content (AvgIpc) is 1.91. The number of para-hydroxylation sites is 1. The molecular weight excluding hydrogens is 219 g/mol. The van der Waals surface area contributed by atoms with Crippen molar-refractivity contribution >= 4 is 22.5 Å². The first kappa shape index (κ1) is 6.93. The zero-order chi connectivity index (χ0) is 6.53. The van der Waals surface area contributed by atoms with Crippen molar-refractivity contribution in [1.82, 2.24) is 0 Å². The summed E-state index contributed by atoms with van der Waals surface area (Å²) in [5.74, 6) is 0.977. The molecule has 0 aliphatic heterocycles. The van der Waals surface area contributed by atoms with Crippen molar-refractivity contribution in [1.29, 1.82) is 0 Å². The molecule has 1 aromatic carbocycles. The summed E-state index contributed by atoms with van der Waals surface area (Å²) in [6.45, 7) is 0. The molecule has 0 saturated carbocycles. The molecule has 0 N–H and O–H groups in total. The van der Waals surface area contributed by atoms with Crippen LogP contribution in [0, 0.1) is 0 Å². The van der Waals surface area contributed by atoms with Gasteiger partial charge in [-0.15, -0.1) is 0 Å². The van der Waals surface area contributed by atoms with Gasteiger partial charge in [-0.3, -0.25) is 0 Å². The second kappa shape index (κ2) is 3.77. The molecule has 0 bridgehead atoms. The van der Waals surface area contributed by atoms with E-state index in [1.54, 1.807) is 0 Å². The van der Waals surface area contributed by atoms with Gasteiger partial charge in [0.1, 0.15) is 0 Å². The molecule has 0 aliphatic rings. The predicted molar refractivity (Wildman–Crippen MR) is 39.1 cm³/mol. The monoisotopic (exact) mass is 228 g/mol. The summed E-state index contributed by atoms with van der Waals surface area (Å²) in [7, 11) is 0. The van der Waals surface area contributed by atoms with Crippen molar-refractivity contribution in [2.75, 3.05) is 4.62 Å². The topological polar surface area (TPSA) is 9.23 Å². The van der Waals surface area contributed by atoms with Crippen LogP contribution in [-0.2, 0) is 0 Å². The molecule has 0 amide bonds. The van der Waals surface area contributed by atoms with Crippen molar-refractivity contribution in [3.05, 3.63) is 30.3 Å². The van der Waals surface area contributed by atoms with Gasteiger partial charge in [0, 0.05) is 0 Å². The van der Waals surface area contributed by atoms with Gasteiger partial charge in [-0.25, -0.2) is 0 Å².